The Hall–Kier alpha value is -9.42. The van der Waals surface area contributed by atoms with Gasteiger partial charge in [-0.15, -0.1) is 0 Å². The predicted molar refractivity (Wildman–Crippen MR) is 468 cm³/mol. The zero-order chi connectivity index (χ0) is 83.2. The molecule has 12 rings (SSSR count). The average molecular weight is 1560 g/mol. The van der Waals surface area contributed by atoms with E-state index >= 15 is 0 Å². The number of hydrogen-bond donors (Lipinski definition) is 0. The fraction of sp³-hybridized carbons (Fsp3) is 0.490. The zero-order valence-corrected chi connectivity index (χ0v) is 72.4. The maximum Gasteiger partial charge on any atom is 0.306 e. The van der Waals surface area contributed by atoms with Crippen LogP contribution in [0.4, 0.5) is 34.1 Å². The number of hydrogen-bond acceptors (Lipinski definition) is 17. The lowest BCUT2D eigenvalue weighted by Gasteiger charge is -2.48. The van der Waals surface area contributed by atoms with E-state index in [-0.39, 0.29) is 73.5 Å². The van der Waals surface area contributed by atoms with Gasteiger partial charge in [-0.2, -0.15) is 0 Å². The molecule has 8 aromatic carbocycles. The van der Waals surface area contributed by atoms with E-state index < -0.39 is 56.6 Å². The minimum atomic E-state index is -1.18. The van der Waals surface area contributed by atoms with Crippen LogP contribution >= 0.6 is 0 Å². The number of anilines is 4. The first-order valence-electron chi connectivity index (χ1n) is 41.5. The third kappa shape index (κ3) is 17.8. The Morgan fingerprint density at radius 1 is 0.452 bits per heavy atom. The van der Waals surface area contributed by atoms with Gasteiger partial charge in [-0.1, -0.05) is 151 Å². The van der Waals surface area contributed by atoms with Crippen LogP contribution in [0.3, 0.4) is 0 Å². The molecule has 0 N–H and O–H groups in total. The molecule has 0 bridgehead atoms. The molecule has 4 unspecified atom stereocenters. The van der Waals surface area contributed by atoms with Gasteiger partial charge in [-0.05, 0) is 214 Å². The van der Waals surface area contributed by atoms with Gasteiger partial charge >= 0.3 is 11.9 Å². The van der Waals surface area contributed by atoms with Crippen LogP contribution in [0, 0.1) is 10.8 Å². The molecular formula is C98H124N6O11. The molecule has 4 heterocycles. The van der Waals surface area contributed by atoms with Gasteiger partial charge in [0.1, 0.15) is 35.8 Å². The van der Waals surface area contributed by atoms with Gasteiger partial charge in [-0.25, -0.2) is 0 Å². The second-order valence-corrected chi connectivity index (χ2v) is 37.8. The van der Waals surface area contributed by atoms with Gasteiger partial charge in [0.25, 0.3) is 0 Å². The molecule has 0 fully saturated rings. The maximum atomic E-state index is 13.7. The number of ether oxygens (including phenoxy) is 7. The summed E-state index contributed by atoms with van der Waals surface area (Å²) in [5, 5.41) is 4.16. The molecule has 4 aliphatic rings. The van der Waals surface area contributed by atoms with Crippen LogP contribution in [0.15, 0.2) is 168 Å². The highest BCUT2D eigenvalue weighted by Gasteiger charge is 2.62. The fourth-order valence-electron chi connectivity index (χ4n) is 18.1. The fourth-order valence-corrected chi connectivity index (χ4v) is 18.1. The number of para-hydroxylation sites is 2. The summed E-state index contributed by atoms with van der Waals surface area (Å²) in [5.74, 6) is 0.261. The smallest absolute Gasteiger partial charge is 0.306 e. The quantitative estimate of drug-likeness (QED) is 0.0365. The van der Waals surface area contributed by atoms with Crippen molar-refractivity contribution in [1.82, 2.24) is 0 Å². The third-order valence-electron chi connectivity index (χ3n) is 23.5. The molecule has 0 amide bonds. The Morgan fingerprint density at radius 3 is 1.14 bits per heavy atom. The van der Waals surface area contributed by atoms with E-state index in [2.05, 4.69) is 260 Å². The summed E-state index contributed by atoms with van der Waals surface area (Å²) >= 11 is 0. The number of benzene rings is 8. The highest BCUT2D eigenvalue weighted by Crippen LogP contribution is 2.59. The summed E-state index contributed by atoms with van der Waals surface area (Å²) < 4.78 is 45.9. The largest absolute Gasteiger partial charge is 0.464 e. The standard InChI is InChI=1S/C98H124N6O11/c1-23-101(69-45-41-67(42-46-69)75-57-79-87(73-35-27-25-33-71(73)75)113-97(61-99-79)93(15,16)77-37-29-31-39-81(77)103(97)63-89(5,6)7)53-55-109-85(107)51-49-83(105)95(19,20)111-65(3)59-91(11,12)115-92(13,14)60-66(4)112-96(21,22)84(106)50-52-86(108)110-56-54-102(24-2)70-47-43-68(44-48-70)76-58-80-88(74-36-28-26-34-72(74)76)114-98(62-100-80)94(17,18)78-38-30-32-40-82(78)104(98)64-90(8,9)10/h25-48,57-58,61-62,65-66H,23-24,49-56,59-60,63-64H2,1-22H3. The lowest BCUT2D eigenvalue weighted by molar-refractivity contribution is -0.179. The van der Waals surface area contributed by atoms with Gasteiger partial charge in [0, 0.05) is 85.4 Å². The number of rotatable bonds is 32. The molecule has 0 aromatic heterocycles. The Morgan fingerprint density at radius 2 is 0.791 bits per heavy atom. The van der Waals surface area contributed by atoms with Crippen molar-refractivity contribution in [2.75, 3.05) is 72.1 Å². The molecule has 0 saturated carbocycles. The second kappa shape index (κ2) is 32.6. The van der Waals surface area contributed by atoms with Gasteiger partial charge in [0.15, 0.2) is 23.1 Å². The molecular weight excluding hydrogens is 1440 g/mol. The molecule has 0 aliphatic carbocycles. The molecule has 0 radical (unpaired) electrons. The highest BCUT2D eigenvalue weighted by atomic mass is 16.6. The SMILES string of the molecule is CCN(CCOC(=O)CCC(=O)C(C)(C)OC(C)CC(C)(C)OC(C)(C)CC(C)OC(C)(C)C(=O)CCC(=O)OCCN(CC)c1ccc(-c2cc3c(c4ccccc24)OC2(C=N3)N(CC(C)(C)C)c3ccccc3C2(C)C)cc1)c1ccc(-c2cc3c(c4ccccc24)OC2(C=N3)N(CC(C)(C)C)c3ccccc3C2(C)C)cc1. The van der Waals surface area contributed by atoms with Crippen molar-refractivity contribution in [2.45, 2.75) is 248 Å². The number of fused-ring (bicyclic) bond motifs is 8. The second-order valence-electron chi connectivity index (χ2n) is 37.8. The van der Waals surface area contributed by atoms with Crippen LogP contribution < -0.4 is 29.1 Å². The minimum absolute atomic E-state index is 0.0103. The number of esters is 2. The van der Waals surface area contributed by atoms with Crippen LogP contribution in [-0.4, -0.2) is 134 Å². The van der Waals surface area contributed by atoms with Crippen molar-refractivity contribution in [2.24, 2.45) is 20.8 Å². The van der Waals surface area contributed by atoms with Crippen molar-refractivity contribution in [1.29, 1.82) is 0 Å². The van der Waals surface area contributed by atoms with Gasteiger partial charge in [-0.3, -0.25) is 29.2 Å². The van der Waals surface area contributed by atoms with Crippen LogP contribution in [-0.2, 0) is 53.7 Å². The summed E-state index contributed by atoms with van der Waals surface area (Å²) in [5.41, 5.74) is 6.35. The topological polar surface area (TPSA) is 171 Å². The lowest BCUT2D eigenvalue weighted by Crippen LogP contribution is -2.63. The van der Waals surface area contributed by atoms with E-state index in [0.29, 0.717) is 39.0 Å². The normalized spacial score (nSPS) is 18.0. The van der Waals surface area contributed by atoms with E-state index in [9.17, 15) is 19.2 Å². The number of nitrogens with zero attached hydrogens (tertiary/aromatic N) is 6. The Bertz CT molecular complexity index is 4660. The molecule has 0 saturated heterocycles. The van der Waals surface area contributed by atoms with Gasteiger partial charge in [0.2, 0.25) is 11.4 Å². The number of carbonyl (C=O) groups excluding carboxylic acids is 4. The summed E-state index contributed by atoms with van der Waals surface area (Å²) in [6.07, 6.45) is 4.01. The maximum absolute atomic E-state index is 13.7. The number of ketones is 2. The molecule has 17 heteroatoms. The number of carbonyl (C=O) groups is 4. The van der Waals surface area contributed by atoms with E-state index in [1.165, 1.54) is 22.5 Å². The Balaban J connectivity index is 0.558. The van der Waals surface area contributed by atoms with Gasteiger partial charge < -0.3 is 52.8 Å². The highest BCUT2D eigenvalue weighted by molar-refractivity contribution is 6.07. The first-order chi connectivity index (χ1) is 54.0. The Labute approximate surface area is 683 Å². The average Bonchev–Trinajstić information content (AvgIpc) is 1.55. The minimum Gasteiger partial charge on any atom is -0.464 e. The molecule has 4 aliphatic heterocycles. The van der Waals surface area contributed by atoms with Crippen molar-refractivity contribution < 1.29 is 52.3 Å². The third-order valence-corrected chi connectivity index (χ3v) is 23.5. The molecule has 2 spiro atoms. The van der Waals surface area contributed by atoms with Crippen LogP contribution in [0.5, 0.6) is 11.5 Å². The molecule has 612 valence electrons. The van der Waals surface area contributed by atoms with E-state index in [0.717, 1.165) is 91.1 Å². The van der Waals surface area contributed by atoms with E-state index in [1.54, 1.807) is 27.7 Å². The van der Waals surface area contributed by atoms with Crippen LogP contribution in [0.2, 0.25) is 0 Å². The summed E-state index contributed by atoms with van der Waals surface area (Å²) in [4.78, 5) is 73.6. The summed E-state index contributed by atoms with van der Waals surface area (Å²) in [6.45, 7) is 49.8. The van der Waals surface area contributed by atoms with E-state index in [4.69, 9.17) is 43.1 Å². The first-order valence-corrected chi connectivity index (χ1v) is 41.5. The number of likely N-dealkylation sites (N-methyl/N-ethyl adjacent to an activating group) is 2. The first kappa shape index (κ1) is 85.0. The summed E-state index contributed by atoms with van der Waals surface area (Å²) in [6, 6.07) is 55.3. The molecule has 8 aromatic rings. The zero-order valence-electron chi connectivity index (χ0n) is 72.4. The molecule has 115 heavy (non-hydrogen) atoms. The number of Topliss-reactive ketones (excluding diaryl/α,β-unsaturated/α-hetero) is 2. The van der Waals surface area contributed by atoms with Crippen LogP contribution in [0.25, 0.3) is 43.8 Å². The van der Waals surface area contributed by atoms with E-state index in [1.807, 2.05) is 54.0 Å². The Kier molecular flexibility index (Phi) is 24.1. The van der Waals surface area contributed by atoms with Crippen molar-refractivity contribution in [3.63, 3.8) is 0 Å². The number of aliphatic imine (C=N–C) groups is 2. The molecule has 17 nitrogen and oxygen atoms in total. The predicted octanol–water partition coefficient (Wildman–Crippen LogP) is 21.5. The lowest BCUT2D eigenvalue weighted by atomic mass is 9.77. The van der Waals surface area contributed by atoms with Crippen molar-refractivity contribution >= 4 is 91.6 Å². The van der Waals surface area contributed by atoms with Gasteiger partial charge in [0.05, 0.1) is 72.6 Å². The van der Waals surface area contributed by atoms with Crippen molar-refractivity contribution in [3.8, 4) is 33.8 Å². The van der Waals surface area contributed by atoms with Crippen molar-refractivity contribution in [3.05, 3.63) is 169 Å². The molecule has 4 atom stereocenters. The van der Waals surface area contributed by atoms with Crippen LogP contribution in [0.1, 0.15) is 202 Å². The summed E-state index contributed by atoms with van der Waals surface area (Å²) in [7, 11) is 0. The monoisotopic (exact) mass is 1560 g/mol.